The van der Waals surface area contributed by atoms with Gasteiger partial charge in [-0.15, -0.1) is 0 Å². The summed E-state index contributed by atoms with van der Waals surface area (Å²) in [4.78, 5) is 42.4. The van der Waals surface area contributed by atoms with Gasteiger partial charge in [-0.3, -0.25) is 14.4 Å². The predicted octanol–water partition coefficient (Wildman–Crippen LogP) is 4.00. The van der Waals surface area contributed by atoms with Gasteiger partial charge in [-0.2, -0.15) is 0 Å². The quantitative estimate of drug-likeness (QED) is 0.558. The van der Waals surface area contributed by atoms with Gasteiger partial charge in [0.25, 0.3) is 11.8 Å². The van der Waals surface area contributed by atoms with Crippen molar-refractivity contribution in [3.05, 3.63) is 87.9 Å². The Kier molecular flexibility index (Phi) is 6.23. The van der Waals surface area contributed by atoms with Crippen molar-refractivity contribution >= 4 is 46.6 Å². The Labute approximate surface area is 211 Å². The number of anilines is 1. The lowest BCUT2D eigenvalue weighted by atomic mass is 10.0. The van der Waals surface area contributed by atoms with Gasteiger partial charge >= 0.3 is 0 Å². The van der Waals surface area contributed by atoms with Crippen LogP contribution in [-0.4, -0.2) is 58.3 Å². The van der Waals surface area contributed by atoms with Crippen LogP contribution < -0.4 is 5.32 Å². The van der Waals surface area contributed by atoms with E-state index in [1.807, 2.05) is 18.2 Å². The van der Waals surface area contributed by atoms with E-state index in [4.69, 9.17) is 23.2 Å². The van der Waals surface area contributed by atoms with E-state index in [0.717, 1.165) is 11.1 Å². The molecule has 2 aliphatic rings. The van der Waals surface area contributed by atoms with Crippen molar-refractivity contribution in [1.29, 1.82) is 0 Å². The van der Waals surface area contributed by atoms with Gasteiger partial charge in [-0.1, -0.05) is 59.6 Å². The van der Waals surface area contributed by atoms with Crippen molar-refractivity contribution in [2.75, 3.05) is 25.0 Å². The summed E-state index contributed by atoms with van der Waals surface area (Å²) in [5.74, 6) is -1.25. The van der Waals surface area contributed by atoms with Gasteiger partial charge in [0, 0.05) is 28.7 Å². The molecule has 0 bridgehead atoms. The number of carbonyl (C=O) groups is 3. The number of benzene rings is 3. The molecule has 178 valence electrons. The maximum atomic E-state index is 13.5. The molecule has 3 amide bonds. The van der Waals surface area contributed by atoms with E-state index in [1.165, 1.54) is 9.80 Å². The summed E-state index contributed by atoms with van der Waals surface area (Å²) in [6, 6.07) is 18.2. The minimum absolute atomic E-state index is 0.0318. The number of aliphatic hydroxyl groups is 1. The molecule has 2 aliphatic heterocycles. The minimum atomic E-state index is -1.46. The van der Waals surface area contributed by atoms with Gasteiger partial charge in [0.05, 0.1) is 17.8 Å². The highest BCUT2D eigenvalue weighted by molar-refractivity contribution is 6.31. The van der Waals surface area contributed by atoms with Crippen LogP contribution in [0.25, 0.3) is 11.1 Å². The zero-order chi connectivity index (χ0) is 24.7. The van der Waals surface area contributed by atoms with Gasteiger partial charge in [0.2, 0.25) is 5.91 Å². The molecular formula is C26H21Cl2N3O4. The molecule has 1 saturated heterocycles. The molecule has 2 atom stereocenters. The summed E-state index contributed by atoms with van der Waals surface area (Å²) in [5, 5.41) is 14.3. The minimum Gasteiger partial charge on any atom is -0.378 e. The zero-order valence-corrected chi connectivity index (χ0v) is 20.0. The Balaban J connectivity index is 1.39. The average Bonchev–Trinajstić information content (AvgIpc) is 2.97. The first-order valence-electron chi connectivity index (χ1n) is 11.1. The van der Waals surface area contributed by atoms with Crippen LogP contribution in [0.1, 0.15) is 22.0 Å². The summed E-state index contributed by atoms with van der Waals surface area (Å²) in [5.41, 5.74) is 2.80. The summed E-state index contributed by atoms with van der Waals surface area (Å²) in [6.45, 7) is 0.306. The van der Waals surface area contributed by atoms with Crippen LogP contribution >= 0.6 is 23.2 Å². The Morgan fingerprint density at radius 2 is 1.69 bits per heavy atom. The number of piperazine rings is 1. The Bertz CT molecular complexity index is 1330. The lowest BCUT2D eigenvalue weighted by molar-refractivity contribution is -0.144. The topological polar surface area (TPSA) is 90.0 Å². The monoisotopic (exact) mass is 509 g/mol. The Morgan fingerprint density at radius 1 is 0.971 bits per heavy atom. The number of fused-ring (bicyclic) bond motifs is 2. The van der Waals surface area contributed by atoms with Crippen LogP contribution in [0.3, 0.4) is 0 Å². The number of nitrogens with zero attached hydrogens (tertiary/aromatic N) is 2. The Hall–Kier alpha value is -3.39. The average molecular weight is 510 g/mol. The maximum absolute atomic E-state index is 13.5. The van der Waals surface area contributed by atoms with Crippen molar-refractivity contribution in [3.63, 3.8) is 0 Å². The summed E-state index contributed by atoms with van der Waals surface area (Å²) in [6.07, 6.45) is -1.46. The summed E-state index contributed by atoms with van der Waals surface area (Å²) in [7, 11) is 0. The zero-order valence-electron chi connectivity index (χ0n) is 18.4. The van der Waals surface area contributed by atoms with E-state index in [2.05, 4.69) is 5.32 Å². The van der Waals surface area contributed by atoms with Crippen molar-refractivity contribution < 1.29 is 19.5 Å². The fourth-order valence-electron chi connectivity index (χ4n) is 4.48. The molecule has 3 aromatic rings. The molecule has 35 heavy (non-hydrogen) atoms. The molecule has 2 N–H and O–H groups in total. The van der Waals surface area contributed by atoms with E-state index >= 15 is 0 Å². The third-order valence-electron chi connectivity index (χ3n) is 6.37. The smallest absolute Gasteiger partial charge is 0.256 e. The first kappa shape index (κ1) is 23.4. The number of rotatable bonds is 3. The fourth-order valence-corrected chi connectivity index (χ4v) is 4.84. The second kappa shape index (κ2) is 9.34. The van der Waals surface area contributed by atoms with Crippen molar-refractivity contribution in [2.45, 2.75) is 12.1 Å². The lowest BCUT2D eigenvalue weighted by Gasteiger charge is -2.40. The second-order valence-corrected chi connectivity index (χ2v) is 9.32. The van der Waals surface area contributed by atoms with Gasteiger partial charge in [-0.25, -0.2) is 0 Å². The lowest BCUT2D eigenvalue weighted by Crippen LogP contribution is -2.60. The highest BCUT2D eigenvalue weighted by Gasteiger charge is 2.41. The SMILES string of the molecule is O=C1Nc2ccc(-c3ccc(Cl)cc3)cc2C(=O)N2CCN(C(=O)C(O)c3ccccc3Cl)CC12. The second-order valence-electron chi connectivity index (χ2n) is 8.48. The van der Waals surface area contributed by atoms with Gasteiger partial charge in [0.15, 0.2) is 6.10 Å². The molecule has 0 spiro atoms. The van der Waals surface area contributed by atoms with Gasteiger partial charge in [-0.05, 0) is 41.5 Å². The van der Waals surface area contributed by atoms with Crippen molar-refractivity contribution in [3.8, 4) is 11.1 Å². The van der Waals surface area contributed by atoms with E-state index in [9.17, 15) is 19.5 Å². The van der Waals surface area contributed by atoms with E-state index in [-0.39, 0.29) is 36.5 Å². The number of aliphatic hydroxyl groups excluding tert-OH is 1. The molecule has 5 rings (SSSR count). The third kappa shape index (κ3) is 4.38. The highest BCUT2D eigenvalue weighted by Crippen LogP contribution is 2.31. The maximum Gasteiger partial charge on any atom is 0.256 e. The van der Waals surface area contributed by atoms with Crippen LogP contribution in [0.4, 0.5) is 5.69 Å². The number of amides is 3. The van der Waals surface area contributed by atoms with Crippen LogP contribution in [0.15, 0.2) is 66.7 Å². The molecule has 0 aliphatic carbocycles. The predicted molar refractivity (Wildman–Crippen MR) is 133 cm³/mol. The van der Waals surface area contributed by atoms with E-state index in [1.54, 1.807) is 48.5 Å². The van der Waals surface area contributed by atoms with E-state index in [0.29, 0.717) is 21.8 Å². The fraction of sp³-hybridized carbons (Fsp3) is 0.192. The molecule has 0 aromatic heterocycles. The van der Waals surface area contributed by atoms with E-state index < -0.39 is 18.1 Å². The summed E-state index contributed by atoms with van der Waals surface area (Å²) >= 11 is 12.1. The standard InChI is InChI=1S/C26H21Cl2N3O4/c27-17-8-5-15(6-9-17)16-7-10-21-19(13-16)25(34)31-12-11-30(14-22(31)24(33)29-21)26(35)23(32)18-3-1-2-4-20(18)28/h1-10,13,22-23,32H,11-12,14H2,(H,29,33). The molecular weight excluding hydrogens is 489 g/mol. The van der Waals surface area contributed by atoms with Crippen molar-refractivity contribution in [2.24, 2.45) is 0 Å². The number of halogens is 2. The highest BCUT2D eigenvalue weighted by atomic mass is 35.5. The number of hydrogen-bond donors (Lipinski definition) is 2. The van der Waals surface area contributed by atoms with Gasteiger partial charge < -0.3 is 20.2 Å². The largest absolute Gasteiger partial charge is 0.378 e. The van der Waals surface area contributed by atoms with Gasteiger partial charge in [0.1, 0.15) is 6.04 Å². The molecule has 2 unspecified atom stereocenters. The summed E-state index contributed by atoms with van der Waals surface area (Å²) < 4.78 is 0. The van der Waals surface area contributed by atoms with Crippen molar-refractivity contribution in [1.82, 2.24) is 9.80 Å². The third-order valence-corrected chi connectivity index (χ3v) is 6.97. The first-order valence-corrected chi connectivity index (χ1v) is 11.8. The molecule has 0 saturated carbocycles. The Morgan fingerprint density at radius 3 is 2.43 bits per heavy atom. The molecule has 0 radical (unpaired) electrons. The molecule has 9 heteroatoms. The van der Waals surface area contributed by atoms with Crippen LogP contribution in [0, 0.1) is 0 Å². The number of hydrogen-bond acceptors (Lipinski definition) is 4. The molecule has 2 heterocycles. The van der Waals surface area contributed by atoms with Crippen LogP contribution in [-0.2, 0) is 9.59 Å². The molecule has 3 aromatic carbocycles. The number of nitrogens with one attached hydrogen (secondary N) is 1. The van der Waals surface area contributed by atoms with Crippen LogP contribution in [0.5, 0.6) is 0 Å². The first-order chi connectivity index (χ1) is 16.8. The van der Waals surface area contributed by atoms with Crippen LogP contribution in [0.2, 0.25) is 10.0 Å². The number of carbonyl (C=O) groups excluding carboxylic acids is 3. The molecule has 1 fully saturated rings. The molecule has 7 nitrogen and oxygen atoms in total. The normalized spacial score (nSPS) is 18.3.